The van der Waals surface area contributed by atoms with E-state index in [-0.39, 0.29) is 18.4 Å². The van der Waals surface area contributed by atoms with Gasteiger partial charge < -0.3 is 15.3 Å². The molecule has 0 aliphatic carbocycles. The zero-order valence-electron chi connectivity index (χ0n) is 13.7. The lowest BCUT2D eigenvalue weighted by atomic mass is 9.97. The number of aliphatic carboxylic acids is 1. The fraction of sp³-hybridized carbons (Fsp3) is 0.500. The number of carboxylic acid groups (broad SMARTS) is 1. The summed E-state index contributed by atoms with van der Waals surface area (Å²) >= 11 is 1.62. The van der Waals surface area contributed by atoms with Crippen molar-refractivity contribution in [2.75, 3.05) is 25.0 Å². The van der Waals surface area contributed by atoms with E-state index in [2.05, 4.69) is 15.3 Å². The molecule has 128 valence electrons. The molecule has 24 heavy (non-hydrogen) atoms. The topological polar surface area (TPSA) is 95.4 Å². The molecule has 0 saturated carbocycles. The van der Waals surface area contributed by atoms with Gasteiger partial charge in [0, 0.05) is 18.0 Å². The highest BCUT2D eigenvalue weighted by Crippen LogP contribution is 2.32. The molecule has 3 rings (SSSR count). The fourth-order valence-electron chi connectivity index (χ4n) is 2.96. The number of hydrogen-bond acceptors (Lipinski definition) is 6. The number of anilines is 1. The van der Waals surface area contributed by atoms with Crippen molar-refractivity contribution in [3.8, 4) is 0 Å². The number of aryl methyl sites for hydroxylation is 2. The number of nitrogens with one attached hydrogen (secondary N) is 1. The van der Waals surface area contributed by atoms with E-state index in [9.17, 15) is 9.59 Å². The molecule has 2 aromatic heterocycles. The average molecular weight is 348 g/mol. The molecule has 0 spiro atoms. The molecule has 0 aromatic carbocycles. The van der Waals surface area contributed by atoms with Crippen molar-refractivity contribution in [1.82, 2.24) is 14.9 Å². The number of carbonyl (C=O) groups is 2. The Bertz CT molecular complexity index is 781. The van der Waals surface area contributed by atoms with Crippen LogP contribution in [0.2, 0.25) is 0 Å². The van der Waals surface area contributed by atoms with Crippen LogP contribution in [-0.2, 0) is 9.59 Å². The van der Waals surface area contributed by atoms with Crippen LogP contribution in [-0.4, -0.2) is 51.5 Å². The summed E-state index contributed by atoms with van der Waals surface area (Å²) in [5.41, 5.74) is 1.13. The third-order valence-electron chi connectivity index (χ3n) is 4.57. The lowest BCUT2D eigenvalue weighted by molar-refractivity contribution is -0.145. The van der Waals surface area contributed by atoms with E-state index in [1.54, 1.807) is 16.2 Å². The van der Waals surface area contributed by atoms with E-state index in [1.165, 1.54) is 11.2 Å². The fourth-order valence-corrected chi connectivity index (χ4v) is 3.96. The summed E-state index contributed by atoms with van der Waals surface area (Å²) in [5, 5.41) is 13.1. The van der Waals surface area contributed by atoms with Crippen LogP contribution in [0.4, 0.5) is 5.82 Å². The summed E-state index contributed by atoms with van der Waals surface area (Å²) in [5.74, 6) is -0.460. The number of rotatable bonds is 4. The zero-order valence-corrected chi connectivity index (χ0v) is 14.5. The first kappa shape index (κ1) is 16.6. The second-order valence-electron chi connectivity index (χ2n) is 6.03. The first-order valence-corrected chi connectivity index (χ1v) is 8.74. The molecular formula is C16H20N4O3S. The highest BCUT2D eigenvalue weighted by molar-refractivity contribution is 7.18. The second kappa shape index (κ2) is 6.72. The molecule has 7 nitrogen and oxygen atoms in total. The minimum atomic E-state index is -0.771. The van der Waals surface area contributed by atoms with Crippen molar-refractivity contribution < 1.29 is 14.7 Å². The summed E-state index contributed by atoms with van der Waals surface area (Å²) < 4.78 is 0. The maximum absolute atomic E-state index is 12.3. The van der Waals surface area contributed by atoms with Gasteiger partial charge in [-0.15, -0.1) is 11.3 Å². The third kappa shape index (κ3) is 3.19. The molecule has 0 radical (unpaired) electrons. The maximum atomic E-state index is 12.3. The molecular weight excluding hydrogens is 328 g/mol. The molecule has 1 aliphatic rings. The minimum Gasteiger partial charge on any atom is -0.481 e. The van der Waals surface area contributed by atoms with Crippen LogP contribution in [0.1, 0.15) is 23.3 Å². The van der Waals surface area contributed by atoms with Gasteiger partial charge in [-0.3, -0.25) is 9.59 Å². The number of amides is 1. The number of carboxylic acids is 1. The van der Waals surface area contributed by atoms with Gasteiger partial charge in [-0.1, -0.05) is 0 Å². The van der Waals surface area contributed by atoms with Gasteiger partial charge in [0.25, 0.3) is 0 Å². The van der Waals surface area contributed by atoms with Gasteiger partial charge in [-0.05, 0) is 32.3 Å². The second-order valence-corrected chi connectivity index (χ2v) is 7.24. The first-order chi connectivity index (χ1) is 11.5. The molecule has 0 bridgehead atoms. The number of nitrogens with zero attached hydrogens (tertiary/aromatic N) is 3. The Morgan fingerprint density at radius 3 is 2.71 bits per heavy atom. The van der Waals surface area contributed by atoms with E-state index in [1.807, 2.05) is 13.8 Å². The molecule has 1 saturated heterocycles. The van der Waals surface area contributed by atoms with E-state index >= 15 is 0 Å². The highest BCUT2D eigenvalue weighted by atomic mass is 32.1. The highest BCUT2D eigenvalue weighted by Gasteiger charge is 2.26. The summed E-state index contributed by atoms with van der Waals surface area (Å²) in [4.78, 5) is 35.7. The van der Waals surface area contributed by atoms with Crippen molar-refractivity contribution in [1.29, 1.82) is 0 Å². The molecule has 0 unspecified atom stereocenters. The Balaban J connectivity index is 1.64. The molecule has 3 heterocycles. The van der Waals surface area contributed by atoms with Gasteiger partial charge in [0.1, 0.15) is 17.0 Å². The number of likely N-dealkylation sites (tertiary alicyclic amines) is 1. The van der Waals surface area contributed by atoms with Crippen LogP contribution in [0.5, 0.6) is 0 Å². The van der Waals surface area contributed by atoms with Crippen LogP contribution >= 0.6 is 11.3 Å². The SMILES string of the molecule is Cc1sc2ncnc(NCC(=O)N3CCC(C(=O)O)CC3)c2c1C. The number of aromatic nitrogens is 2. The van der Waals surface area contributed by atoms with E-state index in [0.717, 1.165) is 15.8 Å². The number of hydrogen-bond donors (Lipinski definition) is 2. The van der Waals surface area contributed by atoms with Gasteiger partial charge in [-0.2, -0.15) is 0 Å². The quantitative estimate of drug-likeness (QED) is 0.878. The van der Waals surface area contributed by atoms with Crippen molar-refractivity contribution in [2.24, 2.45) is 5.92 Å². The number of fused-ring (bicyclic) bond motifs is 1. The first-order valence-electron chi connectivity index (χ1n) is 7.92. The van der Waals surface area contributed by atoms with Crippen LogP contribution in [0.15, 0.2) is 6.33 Å². The Kier molecular flexibility index (Phi) is 4.66. The van der Waals surface area contributed by atoms with Crippen molar-refractivity contribution in [2.45, 2.75) is 26.7 Å². The largest absolute Gasteiger partial charge is 0.481 e. The number of carbonyl (C=O) groups excluding carboxylic acids is 1. The summed E-state index contributed by atoms with van der Waals surface area (Å²) in [6.45, 7) is 5.21. The van der Waals surface area contributed by atoms with E-state index in [0.29, 0.717) is 31.7 Å². The molecule has 1 amide bonds. The lowest BCUT2D eigenvalue weighted by Crippen LogP contribution is -2.42. The van der Waals surface area contributed by atoms with Crippen molar-refractivity contribution in [3.05, 3.63) is 16.8 Å². The van der Waals surface area contributed by atoms with Gasteiger partial charge in [0.05, 0.1) is 17.8 Å². The lowest BCUT2D eigenvalue weighted by Gasteiger charge is -2.30. The predicted octanol–water partition coefficient (Wildman–Crippen LogP) is 2.04. The van der Waals surface area contributed by atoms with Crippen LogP contribution < -0.4 is 5.32 Å². The summed E-state index contributed by atoms with van der Waals surface area (Å²) in [6.07, 6.45) is 2.53. The molecule has 2 N–H and O–H groups in total. The Hall–Kier alpha value is -2.22. The number of piperidine rings is 1. The van der Waals surface area contributed by atoms with Crippen LogP contribution in [0.25, 0.3) is 10.2 Å². The predicted molar refractivity (Wildman–Crippen MR) is 92.3 cm³/mol. The normalized spacial score (nSPS) is 15.7. The monoisotopic (exact) mass is 348 g/mol. The molecule has 8 heteroatoms. The molecule has 1 aliphatic heterocycles. The van der Waals surface area contributed by atoms with Crippen LogP contribution in [0.3, 0.4) is 0 Å². The molecule has 2 aromatic rings. The minimum absolute atomic E-state index is 0.0322. The standard InChI is InChI=1S/C16H20N4O3S/c1-9-10(2)24-15-13(9)14(18-8-19-15)17-7-12(21)20-5-3-11(4-6-20)16(22)23/h8,11H,3-7H2,1-2H3,(H,22,23)(H,17,18,19). The number of thiophene rings is 1. The average Bonchev–Trinajstić information content (AvgIpc) is 2.88. The van der Waals surface area contributed by atoms with Crippen molar-refractivity contribution >= 4 is 39.2 Å². The van der Waals surface area contributed by atoms with E-state index < -0.39 is 5.97 Å². The molecule has 1 fully saturated rings. The Morgan fingerprint density at radius 2 is 2.04 bits per heavy atom. The Morgan fingerprint density at radius 1 is 1.33 bits per heavy atom. The molecule has 0 atom stereocenters. The maximum Gasteiger partial charge on any atom is 0.306 e. The third-order valence-corrected chi connectivity index (χ3v) is 5.68. The zero-order chi connectivity index (χ0) is 17.3. The van der Waals surface area contributed by atoms with Gasteiger partial charge in [-0.25, -0.2) is 9.97 Å². The van der Waals surface area contributed by atoms with Crippen molar-refractivity contribution in [3.63, 3.8) is 0 Å². The summed E-state index contributed by atoms with van der Waals surface area (Å²) in [6, 6.07) is 0. The van der Waals surface area contributed by atoms with Gasteiger partial charge >= 0.3 is 5.97 Å². The van der Waals surface area contributed by atoms with Gasteiger partial charge in [0.15, 0.2) is 0 Å². The van der Waals surface area contributed by atoms with E-state index in [4.69, 9.17) is 5.11 Å². The summed E-state index contributed by atoms with van der Waals surface area (Å²) in [7, 11) is 0. The Labute approximate surface area is 143 Å². The van der Waals surface area contributed by atoms with Crippen LogP contribution in [0, 0.1) is 19.8 Å². The van der Waals surface area contributed by atoms with Gasteiger partial charge in [0.2, 0.25) is 5.91 Å². The smallest absolute Gasteiger partial charge is 0.306 e.